The first-order valence-electron chi connectivity index (χ1n) is 7.31. The molecule has 2 aromatic carbocycles. The summed E-state index contributed by atoms with van der Waals surface area (Å²) in [6.07, 6.45) is 0. The fraction of sp³-hybridized carbons (Fsp3) is 0.118. The molecular formula is C17H14FN3O4. The number of anilines is 1. The quantitative estimate of drug-likeness (QED) is 0.740. The Bertz CT molecular complexity index is 847. The normalized spacial score (nSPS) is 10.3. The smallest absolute Gasteiger partial charge is 0.263 e. The number of nitrogens with zero attached hydrogens (tertiary/aromatic N) is 2. The van der Waals surface area contributed by atoms with E-state index in [9.17, 15) is 9.18 Å². The maximum absolute atomic E-state index is 12.8. The van der Waals surface area contributed by atoms with Crippen LogP contribution in [0.3, 0.4) is 0 Å². The van der Waals surface area contributed by atoms with Crippen LogP contribution >= 0.6 is 0 Å². The largest absolute Gasteiger partial charge is 0.497 e. The predicted molar refractivity (Wildman–Crippen MR) is 86.8 cm³/mol. The van der Waals surface area contributed by atoms with E-state index in [1.54, 1.807) is 31.4 Å². The van der Waals surface area contributed by atoms with Crippen molar-refractivity contribution in [3.8, 4) is 22.8 Å². The molecule has 0 fully saturated rings. The second kappa shape index (κ2) is 7.43. The molecule has 0 aliphatic rings. The van der Waals surface area contributed by atoms with Crippen molar-refractivity contribution in [1.29, 1.82) is 0 Å². The molecule has 8 heteroatoms. The van der Waals surface area contributed by atoms with Crippen LogP contribution in [-0.4, -0.2) is 29.9 Å². The molecular weight excluding hydrogens is 329 g/mol. The molecule has 3 aromatic rings. The summed E-state index contributed by atoms with van der Waals surface area (Å²) < 4.78 is 27.9. The molecule has 0 bridgehead atoms. The molecule has 1 amide bonds. The van der Waals surface area contributed by atoms with E-state index in [4.69, 9.17) is 14.1 Å². The number of methoxy groups -OCH3 is 1. The van der Waals surface area contributed by atoms with Crippen molar-refractivity contribution < 1.29 is 23.3 Å². The summed E-state index contributed by atoms with van der Waals surface area (Å²) in [5.74, 6) is 0.422. The van der Waals surface area contributed by atoms with Crippen LogP contribution in [0, 0.1) is 5.82 Å². The minimum absolute atomic E-state index is 0.179. The Kier molecular flexibility index (Phi) is 4.89. The van der Waals surface area contributed by atoms with E-state index < -0.39 is 5.91 Å². The Hall–Kier alpha value is -3.42. The van der Waals surface area contributed by atoms with Crippen LogP contribution in [0.4, 0.5) is 10.2 Å². The van der Waals surface area contributed by atoms with Crippen molar-refractivity contribution in [3.63, 3.8) is 0 Å². The highest BCUT2D eigenvalue weighted by Gasteiger charge is 2.15. The zero-order valence-electron chi connectivity index (χ0n) is 13.2. The molecule has 1 heterocycles. The average Bonchev–Trinajstić information content (AvgIpc) is 3.09. The highest BCUT2D eigenvalue weighted by Crippen LogP contribution is 2.26. The minimum atomic E-state index is -0.449. The monoisotopic (exact) mass is 343 g/mol. The standard InChI is InChI=1S/C17H14FN3O4/c1-23-13-6-2-11(3-7-13)16-17(21-25-20-16)19-15(22)10-24-14-8-4-12(18)5-9-14/h2-9H,10H2,1H3,(H,19,21,22). The number of rotatable bonds is 6. The molecule has 25 heavy (non-hydrogen) atoms. The van der Waals surface area contributed by atoms with Gasteiger partial charge in [-0.1, -0.05) is 0 Å². The lowest BCUT2D eigenvalue weighted by Gasteiger charge is -2.06. The molecule has 0 spiro atoms. The number of halogens is 1. The fourth-order valence-corrected chi connectivity index (χ4v) is 2.06. The molecule has 3 rings (SSSR count). The average molecular weight is 343 g/mol. The summed E-state index contributed by atoms with van der Waals surface area (Å²) >= 11 is 0. The molecule has 0 radical (unpaired) electrons. The van der Waals surface area contributed by atoms with E-state index in [-0.39, 0.29) is 18.2 Å². The van der Waals surface area contributed by atoms with Crippen LogP contribution < -0.4 is 14.8 Å². The number of hydrogen-bond donors (Lipinski definition) is 1. The number of ether oxygens (including phenoxy) is 2. The molecule has 1 aromatic heterocycles. The van der Waals surface area contributed by atoms with Crippen LogP contribution in [0.2, 0.25) is 0 Å². The zero-order chi connectivity index (χ0) is 17.6. The van der Waals surface area contributed by atoms with Gasteiger partial charge in [0.05, 0.1) is 7.11 Å². The summed E-state index contributed by atoms with van der Waals surface area (Å²) in [5.41, 5.74) is 1.09. The molecule has 128 valence electrons. The van der Waals surface area contributed by atoms with Crippen molar-refractivity contribution in [2.24, 2.45) is 0 Å². The third kappa shape index (κ3) is 4.11. The van der Waals surface area contributed by atoms with Gasteiger partial charge in [0, 0.05) is 5.56 Å². The molecule has 0 aliphatic heterocycles. The van der Waals surface area contributed by atoms with Crippen molar-refractivity contribution in [2.75, 3.05) is 19.0 Å². The van der Waals surface area contributed by atoms with Crippen LogP contribution in [-0.2, 0) is 4.79 Å². The molecule has 7 nitrogen and oxygen atoms in total. The third-order valence-corrected chi connectivity index (χ3v) is 3.29. The van der Waals surface area contributed by atoms with Crippen molar-refractivity contribution in [3.05, 3.63) is 54.3 Å². The molecule has 0 aliphatic carbocycles. The van der Waals surface area contributed by atoms with E-state index in [2.05, 4.69) is 15.6 Å². The molecule has 0 unspecified atom stereocenters. The Morgan fingerprint density at radius 2 is 1.76 bits per heavy atom. The Morgan fingerprint density at radius 3 is 2.44 bits per heavy atom. The number of nitrogens with one attached hydrogen (secondary N) is 1. The van der Waals surface area contributed by atoms with E-state index in [1.165, 1.54) is 24.3 Å². The Morgan fingerprint density at radius 1 is 1.08 bits per heavy atom. The molecule has 1 N–H and O–H groups in total. The number of carbonyl (C=O) groups is 1. The summed E-state index contributed by atoms with van der Waals surface area (Å²) in [6.45, 7) is -0.263. The zero-order valence-corrected chi connectivity index (χ0v) is 13.2. The Balaban J connectivity index is 1.63. The van der Waals surface area contributed by atoms with Gasteiger partial charge in [-0.05, 0) is 58.8 Å². The van der Waals surface area contributed by atoms with E-state index >= 15 is 0 Å². The summed E-state index contributed by atoms with van der Waals surface area (Å²) in [6, 6.07) is 12.4. The second-order valence-corrected chi connectivity index (χ2v) is 4.98. The van der Waals surface area contributed by atoms with Gasteiger partial charge >= 0.3 is 0 Å². The maximum atomic E-state index is 12.8. The van der Waals surface area contributed by atoms with E-state index in [0.717, 1.165) is 0 Å². The van der Waals surface area contributed by atoms with Crippen LogP contribution in [0.15, 0.2) is 53.2 Å². The number of aromatic nitrogens is 2. The first-order chi connectivity index (χ1) is 12.2. The molecule has 0 saturated carbocycles. The minimum Gasteiger partial charge on any atom is -0.497 e. The fourth-order valence-electron chi connectivity index (χ4n) is 2.06. The number of amides is 1. The molecule has 0 saturated heterocycles. The van der Waals surface area contributed by atoms with Gasteiger partial charge in [0.15, 0.2) is 12.3 Å². The van der Waals surface area contributed by atoms with Crippen LogP contribution in [0.25, 0.3) is 11.3 Å². The topological polar surface area (TPSA) is 86.5 Å². The number of hydrogen-bond acceptors (Lipinski definition) is 6. The van der Waals surface area contributed by atoms with Gasteiger partial charge in [0.1, 0.15) is 17.3 Å². The van der Waals surface area contributed by atoms with E-state index in [1.807, 2.05) is 0 Å². The van der Waals surface area contributed by atoms with Crippen molar-refractivity contribution in [2.45, 2.75) is 0 Å². The van der Waals surface area contributed by atoms with Gasteiger partial charge in [-0.25, -0.2) is 9.02 Å². The second-order valence-electron chi connectivity index (χ2n) is 4.98. The van der Waals surface area contributed by atoms with Crippen LogP contribution in [0.5, 0.6) is 11.5 Å². The maximum Gasteiger partial charge on any atom is 0.263 e. The lowest BCUT2D eigenvalue weighted by molar-refractivity contribution is -0.118. The highest BCUT2D eigenvalue weighted by atomic mass is 19.1. The third-order valence-electron chi connectivity index (χ3n) is 3.29. The van der Waals surface area contributed by atoms with Gasteiger partial charge < -0.3 is 14.8 Å². The molecule has 0 atom stereocenters. The predicted octanol–water partition coefficient (Wildman–Crippen LogP) is 2.90. The summed E-state index contributed by atoms with van der Waals surface area (Å²) in [4.78, 5) is 12.0. The van der Waals surface area contributed by atoms with Crippen molar-refractivity contribution in [1.82, 2.24) is 10.3 Å². The SMILES string of the molecule is COc1ccc(-c2nonc2NC(=O)COc2ccc(F)cc2)cc1. The Labute approximate surface area is 142 Å². The highest BCUT2D eigenvalue weighted by molar-refractivity contribution is 5.94. The van der Waals surface area contributed by atoms with Crippen molar-refractivity contribution >= 4 is 11.7 Å². The first-order valence-corrected chi connectivity index (χ1v) is 7.31. The van der Waals surface area contributed by atoms with Gasteiger partial charge in [0.25, 0.3) is 5.91 Å². The first kappa shape index (κ1) is 16.4. The van der Waals surface area contributed by atoms with Crippen LogP contribution in [0.1, 0.15) is 0 Å². The van der Waals surface area contributed by atoms with Gasteiger partial charge in [0.2, 0.25) is 5.82 Å². The summed E-state index contributed by atoms with van der Waals surface area (Å²) in [5, 5.41) is 10.0. The van der Waals surface area contributed by atoms with Gasteiger partial charge in [-0.15, -0.1) is 0 Å². The number of benzene rings is 2. The number of carbonyl (C=O) groups excluding carboxylic acids is 1. The summed E-state index contributed by atoms with van der Waals surface area (Å²) in [7, 11) is 1.57. The lowest BCUT2D eigenvalue weighted by atomic mass is 10.1. The van der Waals surface area contributed by atoms with E-state index in [0.29, 0.717) is 22.8 Å². The van der Waals surface area contributed by atoms with Gasteiger partial charge in [-0.2, -0.15) is 0 Å². The lowest BCUT2D eigenvalue weighted by Crippen LogP contribution is -2.20. The van der Waals surface area contributed by atoms with Gasteiger partial charge in [-0.3, -0.25) is 4.79 Å².